The van der Waals surface area contributed by atoms with Crippen LogP contribution in [0.25, 0.3) is 0 Å². The molecule has 0 aromatic carbocycles. The first-order valence-electron chi connectivity index (χ1n) is 5.54. The maximum atomic E-state index is 10.2. The van der Waals surface area contributed by atoms with E-state index >= 15 is 0 Å². The second-order valence-electron chi connectivity index (χ2n) is 4.96. The average molecular weight is 224 g/mol. The molecule has 0 saturated heterocycles. The van der Waals surface area contributed by atoms with Crippen LogP contribution in [-0.2, 0) is 9.59 Å². The van der Waals surface area contributed by atoms with E-state index in [1.807, 2.05) is 6.92 Å². The van der Waals surface area contributed by atoms with Crippen molar-refractivity contribution in [2.24, 2.45) is 21.3 Å². The van der Waals surface area contributed by atoms with E-state index in [1.165, 1.54) is 6.08 Å². The Labute approximate surface area is 96.9 Å². The van der Waals surface area contributed by atoms with Gasteiger partial charge in [-0.25, -0.2) is 19.6 Å². The molecule has 0 aromatic heterocycles. The van der Waals surface area contributed by atoms with Crippen LogP contribution in [0.15, 0.2) is 9.98 Å². The lowest BCUT2D eigenvalue weighted by atomic mass is 9.77. The van der Waals surface area contributed by atoms with Crippen LogP contribution in [0.2, 0.25) is 0 Å². The lowest BCUT2D eigenvalue weighted by molar-refractivity contribution is 0.230. The van der Waals surface area contributed by atoms with Gasteiger partial charge in [-0.1, -0.05) is 20.8 Å². The largest absolute Gasteiger partial charge is 0.235 e. The lowest BCUT2D eigenvalue weighted by Gasteiger charge is -2.30. The van der Waals surface area contributed by atoms with Crippen LogP contribution in [0, 0.1) is 11.3 Å². The minimum Gasteiger partial charge on any atom is -0.211 e. The molecular formula is C12H20N2O2. The maximum absolute atomic E-state index is 10.2. The van der Waals surface area contributed by atoms with Crippen molar-refractivity contribution in [3.63, 3.8) is 0 Å². The van der Waals surface area contributed by atoms with Gasteiger partial charge in [-0.3, -0.25) is 0 Å². The zero-order chi connectivity index (χ0) is 12.6. The van der Waals surface area contributed by atoms with Gasteiger partial charge in [0.25, 0.3) is 0 Å². The van der Waals surface area contributed by atoms with Gasteiger partial charge >= 0.3 is 0 Å². The van der Waals surface area contributed by atoms with Crippen LogP contribution < -0.4 is 0 Å². The summed E-state index contributed by atoms with van der Waals surface area (Å²) >= 11 is 0. The van der Waals surface area contributed by atoms with Gasteiger partial charge in [0.2, 0.25) is 12.2 Å². The van der Waals surface area contributed by atoms with Gasteiger partial charge in [-0.15, -0.1) is 0 Å². The number of rotatable bonds is 7. The molecule has 0 aliphatic rings. The van der Waals surface area contributed by atoms with E-state index in [-0.39, 0.29) is 11.5 Å². The van der Waals surface area contributed by atoms with Crippen LogP contribution >= 0.6 is 0 Å². The highest BCUT2D eigenvalue weighted by atomic mass is 16.1. The Morgan fingerprint density at radius 1 is 1.19 bits per heavy atom. The standard InChI is InChI=1S/C12H20N2O2/c1-10(5-6-13-8-15)7-12(3,4)11(2)14-9-16/h10-11H,5-7H2,1-4H3. The predicted molar refractivity (Wildman–Crippen MR) is 62.8 cm³/mol. The molecule has 16 heavy (non-hydrogen) atoms. The molecule has 0 radical (unpaired) electrons. The van der Waals surface area contributed by atoms with Crippen LogP contribution in [0.5, 0.6) is 0 Å². The third-order valence-electron chi connectivity index (χ3n) is 3.05. The summed E-state index contributed by atoms with van der Waals surface area (Å²) in [5, 5.41) is 0. The predicted octanol–water partition coefficient (Wildman–Crippen LogP) is 2.49. The molecule has 2 atom stereocenters. The van der Waals surface area contributed by atoms with E-state index in [4.69, 9.17) is 0 Å². The summed E-state index contributed by atoms with van der Waals surface area (Å²) in [5.74, 6) is 0.441. The highest BCUT2D eigenvalue weighted by Crippen LogP contribution is 2.32. The molecule has 0 aromatic rings. The smallest absolute Gasteiger partial charge is 0.211 e. The Bertz CT molecular complexity index is 300. The SMILES string of the molecule is CC(CCN=C=O)CC(C)(C)C(C)N=C=O. The molecule has 4 nitrogen and oxygen atoms in total. The third-order valence-corrected chi connectivity index (χ3v) is 3.05. The van der Waals surface area contributed by atoms with E-state index in [1.54, 1.807) is 6.08 Å². The summed E-state index contributed by atoms with van der Waals surface area (Å²) in [5.41, 5.74) is -0.0400. The number of hydrogen-bond acceptors (Lipinski definition) is 4. The van der Waals surface area contributed by atoms with Crippen molar-refractivity contribution in [1.29, 1.82) is 0 Å². The lowest BCUT2D eigenvalue weighted by Crippen LogP contribution is -2.27. The molecule has 0 spiro atoms. The van der Waals surface area contributed by atoms with E-state index in [2.05, 4.69) is 30.8 Å². The average Bonchev–Trinajstić information content (AvgIpc) is 2.17. The van der Waals surface area contributed by atoms with Crippen LogP contribution in [0.1, 0.15) is 40.5 Å². The van der Waals surface area contributed by atoms with E-state index in [0.29, 0.717) is 12.5 Å². The molecule has 0 bridgehead atoms. The maximum Gasteiger partial charge on any atom is 0.235 e. The van der Waals surface area contributed by atoms with Crippen LogP contribution in [0.4, 0.5) is 0 Å². The normalized spacial score (nSPS) is 14.5. The van der Waals surface area contributed by atoms with Gasteiger partial charge in [0.1, 0.15) is 0 Å². The minimum absolute atomic E-state index is 0.0398. The molecule has 90 valence electrons. The van der Waals surface area contributed by atoms with Crippen molar-refractivity contribution in [2.75, 3.05) is 6.54 Å². The Hall–Kier alpha value is -1.24. The second-order valence-corrected chi connectivity index (χ2v) is 4.96. The van der Waals surface area contributed by atoms with Crippen molar-refractivity contribution >= 4 is 12.2 Å². The first kappa shape index (κ1) is 14.8. The molecule has 0 N–H and O–H groups in total. The van der Waals surface area contributed by atoms with Crippen molar-refractivity contribution in [3.05, 3.63) is 0 Å². The molecule has 4 heteroatoms. The van der Waals surface area contributed by atoms with E-state index in [9.17, 15) is 9.59 Å². The fraction of sp³-hybridized carbons (Fsp3) is 0.833. The highest BCUT2D eigenvalue weighted by Gasteiger charge is 2.27. The molecule has 0 aliphatic heterocycles. The molecule has 0 amide bonds. The molecule has 0 heterocycles. The summed E-state index contributed by atoms with van der Waals surface area (Å²) in [6.07, 6.45) is 4.93. The molecule has 2 unspecified atom stereocenters. The molecular weight excluding hydrogens is 204 g/mol. The highest BCUT2D eigenvalue weighted by molar-refractivity contribution is 5.33. The van der Waals surface area contributed by atoms with Crippen molar-refractivity contribution in [2.45, 2.75) is 46.6 Å². The fourth-order valence-corrected chi connectivity index (χ4v) is 1.76. The number of carbonyl (C=O) groups excluding carboxylic acids is 2. The fourth-order valence-electron chi connectivity index (χ4n) is 1.76. The Kier molecular flexibility index (Phi) is 6.55. The minimum atomic E-state index is -0.0400. The molecule has 0 aliphatic carbocycles. The van der Waals surface area contributed by atoms with Gasteiger partial charge in [-0.05, 0) is 31.1 Å². The molecule has 0 rings (SSSR count). The second kappa shape index (κ2) is 7.10. The third kappa shape index (κ3) is 5.59. The monoisotopic (exact) mass is 224 g/mol. The van der Waals surface area contributed by atoms with Gasteiger partial charge in [-0.2, -0.15) is 0 Å². The number of nitrogens with zero attached hydrogens (tertiary/aromatic N) is 2. The van der Waals surface area contributed by atoms with Gasteiger partial charge in [0.15, 0.2) is 0 Å². The molecule has 0 saturated carbocycles. The zero-order valence-electron chi connectivity index (χ0n) is 10.5. The quantitative estimate of drug-likeness (QED) is 0.492. The summed E-state index contributed by atoms with van der Waals surface area (Å²) in [6, 6.07) is -0.0398. The summed E-state index contributed by atoms with van der Waals surface area (Å²) in [6.45, 7) is 8.71. The summed E-state index contributed by atoms with van der Waals surface area (Å²) in [4.78, 5) is 27.4. The molecule has 0 fully saturated rings. The Balaban J connectivity index is 4.23. The first-order valence-corrected chi connectivity index (χ1v) is 5.54. The number of hydrogen-bond donors (Lipinski definition) is 0. The van der Waals surface area contributed by atoms with Crippen molar-refractivity contribution in [3.8, 4) is 0 Å². The van der Waals surface area contributed by atoms with Crippen LogP contribution in [0.3, 0.4) is 0 Å². The number of isocyanates is 2. The first-order chi connectivity index (χ1) is 7.44. The van der Waals surface area contributed by atoms with Crippen LogP contribution in [-0.4, -0.2) is 24.7 Å². The van der Waals surface area contributed by atoms with Gasteiger partial charge < -0.3 is 0 Å². The van der Waals surface area contributed by atoms with E-state index < -0.39 is 0 Å². The Morgan fingerprint density at radius 2 is 1.81 bits per heavy atom. The van der Waals surface area contributed by atoms with Crippen molar-refractivity contribution in [1.82, 2.24) is 0 Å². The zero-order valence-corrected chi connectivity index (χ0v) is 10.5. The van der Waals surface area contributed by atoms with Gasteiger partial charge in [0, 0.05) is 0 Å². The van der Waals surface area contributed by atoms with E-state index in [0.717, 1.165) is 12.8 Å². The van der Waals surface area contributed by atoms with Gasteiger partial charge in [0.05, 0.1) is 12.6 Å². The Morgan fingerprint density at radius 3 is 2.31 bits per heavy atom. The summed E-state index contributed by atoms with van der Waals surface area (Å²) in [7, 11) is 0. The van der Waals surface area contributed by atoms with Crippen molar-refractivity contribution < 1.29 is 9.59 Å². The summed E-state index contributed by atoms with van der Waals surface area (Å²) < 4.78 is 0. The topological polar surface area (TPSA) is 58.9 Å². The number of aliphatic imine (C=N–C) groups is 2.